The Hall–Kier alpha value is -0.880. The molecule has 1 aliphatic heterocycles. The lowest BCUT2D eigenvalue weighted by Gasteiger charge is -2.35. The second-order valence-electron chi connectivity index (χ2n) is 4.61. The van der Waals surface area contributed by atoms with E-state index in [9.17, 15) is 0 Å². The van der Waals surface area contributed by atoms with Gasteiger partial charge in [0.1, 0.15) is 0 Å². The number of H-pyrrole nitrogens is 1. The number of hydrogen-bond acceptors (Lipinski definition) is 4. The van der Waals surface area contributed by atoms with Gasteiger partial charge >= 0.3 is 0 Å². The van der Waals surface area contributed by atoms with Crippen LogP contribution in [0.3, 0.4) is 0 Å². The van der Waals surface area contributed by atoms with E-state index in [1.807, 2.05) is 0 Å². The fourth-order valence-electron chi connectivity index (χ4n) is 1.95. The Kier molecular flexibility index (Phi) is 3.30. The van der Waals surface area contributed by atoms with Crippen LogP contribution >= 0.6 is 12.2 Å². The summed E-state index contributed by atoms with van der Waals surface area (Å²) in [7, 11) is 2.15. The highest BCUT2D eigenvalue weighted by atomic mass is 32.1. The van der Waals surface area contributed by atoms with Gasteiger partial charge in [-0.25, -0.2) is 4.68 Å². The zero-order valence-corrected chi connectivity index (χ0v) is 10.9. The molecule has 90 valence electrons. The van der Waals surface area contributed by atoms with Crippen molar-refractivity contribution in [3.05, 3.63) is 10.6 Å². The predicted octanol–water partition coefficient (Wildman–Crippen LogP) is 0.947. The van der Waals surface area contributed by atoms with Gasteiger partial charge in [0.2, 0.25) is 4.77 Å². The van der Waals surface area contributed by atoms with Crippen molar-refractivity contribution in [3.8, 4) is 0 Å². The van der Waals surface area contributed by atoms with Crippen LogP contribution in [-0.2, 0) is 0 Å². The van der Waals surface area contributed by atoms with Gasteiger partial charge in [0.25, 0.3) is 0 Å². The van der Waals surface area contributed by atoms with Gasteiger partial charge < -0.3 is 9.91 Å². The van der Waals surface area contributed by atoms with Crippen molar-refractivity contribution in [2.24, 2.45) is 0 Å². The van der Waals surface area contributed by atoms with Gasteiger partial charge in [-0.3, -0.25) is 5.10 Å². The molecular formula is C10H19N5S. The van der Waals surface area contributed by atoms with Gasteiger partial charge in [-0.2, -0.15) is 5.10 Å². The molecule has 1 fully saturated rings. The molecule has 2 heterocycles. The number of piperazine rings is 1. The molecule has 1 N–H and O–H groups in total. The first kappa shape index (κ1) is 11.6. The normalized spacial score (nSPS) is 18.4. The fourth-order valence-corrected chi connectivity index (χ4v) is 2.20. The van der Waals surface area contributed by atoms with Crippen molar-refractivity contribution in [1.29, 1.82) is 0 Å². The van der Waals surface area contributed by atoms with Gasteiger partial charge in [-0.1, -0.05) is 13.8 Å². The summed E-state index contributed by atoms with van der Waals surface area (Å²) < 4.78 is 2.76. The average molecular weight is 241 g/mol. The third-order valence-electron chi connectivity index (χ3n) is 2.95. The minimum Gasteiger partial charge on any atom is -0.306 e. The number of hydrogen-bond donors (Lipinski definition) is 1. The highest BCUT2D eigenvalue weighted by Crippen LogP contribution is 2.13. The topological polar surface area (TPSA) is 40.1 Å². The zero-order valence-electron chi connectivity index (χ0n) is 10.1. The SMILES string of the molecule is CC(C)c1n[nH]c(=S)n1N1CCN(C)CC1. The van der Waals surface area contributed by atoms with E-state index in [2.05, 4.69) is 45.7 Å². The molecule has 1 saturated heterocycles. The van der Waals surface area contributed by atoms with Crippen molar-refractivity contribution in [1.82, 2.24) is 19.8 Å². The molecule has 2 rings (SSSR count). The van der Waals surface area contributed by atoms with E-state index < -0.39 is 0 Å². The minimum atomic E-state index is 0.382. The van der Waals surface area contributed by atoms with Gasteiger partial charge in [0.15, 0.2) is 5.82 Å². The Balaban J connectivity index is 2.26. The average Bonchev–Trinajstić information content (AvgIpc) is 2.62. The maximum absolute atomic E-state index is 5.29. The molecule has 5 nitrogen and oxygen atoms in total. The third-order valence-corrected chi connectivity index (χ3v) is 3.22. The number of nitrogens with one attached hydrogen (secondary N) is 1. The molecule has 0 bridgehead atoms. The molecule has 0 aliphatic carbocycles. The van der Waals surface area contributed by atoms with Gasteiger partial charge in [0, 0.05) is 32.1 Å². The number of aromatic nitrogens is 3. The largest absolute Gasteiger partial charge is 0.306 e. The number of likely N-dealkylation sites (N-methyl/N-ethyl adjacent to an activating group) is 1. The van der Waals surface area contributed by atoms with E-state index in [-0.39, 0.29) is 0 Å². The van der Waals surface area contributed by atoms with Crippen molar-refractivity contribution in [3.63, 3.8) is 0 Å². The summed E-state index contributed by atoms with van der Waals surface area (Å²) in [6, 6.07) is 0. The number of nitrogens with zero attached hydrogens (tertiary/aromatic N) is 4. The standard InChI is InChI=1S/C10H19N5S/c1-8(2)9-11-12-10(16)15(9)14-6-4-13(3)5-7-14/h8H,4-7H2,1-3H3,(H,12,16). The van der Waals surface area contributed by atoms with Crippen LogP contribution in [0.5, 0.6) is 0 Å². The van der Waals surface area contributed by atoms with Crippen molar-refractivity contribution in [2.45, 2.75) is 19.8 Å². The summed E-state index contributed by atoms with van der Waals surface area (Å²) in [6.45, 7) is 8.43. The smallest absolute Gasteiger partial charge is 0.214 e. The van der Waals surface area contributed by atoms with Crippen molar-refractivity contribution < 1.29 is 0 Å². The summed E-state index contributed by atoms with van der Waals surface area (Å²) in [6.07, 6.45) is 0. The van der Waals surface area contributed by atoms with E-state index in [0.29, 0.717) is 10.7 Å². The Morgan fingerprint density at radius 3 is 2.44 bits per heavy atom. The van der Waals surface area contributed by atoms with Crippen LogP contribution in [0.1, 0.15) is 25.6 Å². The molecule has 0 aromatic carbocycles. The van der Waals surface area contributed by atoms with Gasteiger partial charge in [-0.15, -0.1) is 0 Å². The zero-order chi connectivity index (χ0) is 11.7. The molecule has 0 atom stereocenters. The lowest BCUT2D eigenvalue weighted by molar-refractivity contribution is 0.284. The molecule has 0 amide bonds. The lowest BCUT2D eigenvalue weighted by atomic mass is 10.2. The molecule has 0 spiro atoms. The van der Waals surface area contributed by atoms with Crippen LogP contribution in [0.4, 0.5) is 0 Å². The van der Waals surface area contributed by atoms with Crippen LogP contribution in [0, 0.1) is 4.77 Å². The van der Waals surface area contributed by atoms with E-state index in [0.717, 1.165) is 32.0 Å². The van der Waals surface area contributed by atoms with Crippen LogP contribution in [0.25, 0.3) is 0 Å². The van der Waals surface area contributed by atoms with Crippen LogP contribution in [-0.4, -0.2) is 53.0 Å². The number of rotatable bonds is 2. The fraction of sp³-hybridized carbons (Fsp3) is 0.800. The first-order valence-corrected chi connectivity index (χ1v) is 6.11. The Labute approximate surface area is 101 Å². The monoisotopic (exact) mass is 241 g/mol. The quantitative estimate of drug-likeness (QED) is 0.783. The van der Waals surface area contributed by atoms with Gasteiger partial charge in [-0.05, 0) is 19.3 Å². The first-order chi connectivity index (χ1) is 7.59. The lowest BCUT2D eigenvalue weighted by Crippen LogP contribution is -2.50. The molecule has 1 aromatic rings. The summed E-state index contributed by atoms with van der Waals surface area (Å²) in [5.41, 5.74) is 0. The van der Waals surface area contributed by atoms with E-state index in [1.54, 1.807) is 0 Å². The second-order valence-corrected chi connectivity index (χ2v) is 5.00. The summed E-state index contributed by atoms with van der Waals surface area (Å²) in [5, 5.41) is 9.47. The van der Waals surface area contributed by atoms with Crippen molar-refractivity contribution >= 4 is 12.2 Å². The molecule has 0 radical (unpaired) electrons. The maximum atomic E-state index is 5.29. The molecule has 0 saturated carbocycles. The van der Waals surface area contributed by atoms with Crippen LogP contribution in [0.2, 0.25) is 0 Å². The summed E-state index contributed by atoms with van der Waals surface area (Å²) in [5.74, 6) is 1.40. The molecule has 0 unspecified atom stereocenters. The highest BCUT2D eigenvalue weighted by molar-refractivity contribution is 7.71. The second kappa shape index (κ2) is 4.55. The molecule has 6 heteroatoms. The molecule has 1 aliphatic rings. The first-order valence-electron chi connectivity index (χ1n) is 5.70. The van der Waals surface area contributed by atoms with E-state index in [4.69, 9.17) is 12.2 Å². The minimum absolute atomic E-state index is 0.382. The number of aromatic amines is 1. The van der Waals surface area contributed by atoms with Crippen LogP contribution in [0.15, 0.2) is 0 Å². The predicted molar refractivity (Wildman–Crippen MR) is 66.9 cm³/mol. The third kappa shape index (κ3) is 2.12. The molecular weight excluding hydrogens is 222 g/mol. The Morgan fingerprint density at radius 1 is 1.25 bits per heavy atom. The molecule has 16 heavy (non-hydrogen) atoms. The Bertz CT molecular complexity index is 400. The van der Waals surface area contributed by atoms with E-state index in [1.165, 1.54) is 0 Å². The van der Waals surface area contributed by atoms with Gasteiger partial charge in [0.05, 0.1) is 0 Å². The molecule has 1 aromatic heterocycles. The summed E-state index contributed by atoms with van der Waals surface area (Å²) in [4.78, 5) is 2.33. The maximum Gasteiger partial charge on any atom is 0.214 e. The van der Waals surface area contributed by atoms with Crippen LogP contribution < -0.4 is 5.01 Å². The summed E-state index contributed by atoms with van der Waals surface area (Å²) >= 11 is 5.29. The highest BCUT2D eigenvalue weighted by Gasteiger charge is 2.19. The van der Waals surface area contributed by atoms with Crippen molar-refractivity contribution in [2.75, 3.05) is 38.2 Å². The Morgan fingerprint density at radius 2 is 1.88 bits per heavy atom. The van der Waals surface area contributed by atoms with E-state index >= 15 is 0 Å².